The van der Waals surface area contributed by atoms with Gasteiger partial charge in [-0.05, 0) is 63.0 Å². The highest BCUT2D eigenvalue weighted by atomic mass is 31.2. The van der Waals surface area contributed by atoms with Crippen LogP contribution in [0, 0.1) is 0 Å². The van der Waals surface area contributed by atoms with Gasteiger partial charge in [-0.1, -0.05) is 133 Å². The van der Waals surface area contributed by atoms with Crippen LogP contribution in [0.1, 0.15) is 26.0 Å². The first kappa shape index (κ1) is 27.3. The highest BCUT2D eigenvalue weighted by Gasteiger charge is 2.50. The number of hydrazone groups is 1. The van der Waals surface area contributed by atoms with Crippen LogP contribution in [-0.4, -0.2) is 20.7 Å². The second-order valence-corrected chi connectivity index (χ2v) is 15.6. The standard InChI is InChI=1S/C36H33N3P2/c1-29-26-27-35(34-25-15-16-28-37-34)38-39(29)36(2,40(30-17-7-3-8-18-30)31-19-9-4-10-20-31)41(32-21-11-5-12-22-32)33-23-13-6-14-24-33/h3-26,28H,27H2,1-2H3. The van der Waals surface area contributed by atoms with Crippen LogP contribution in [0.3, 0.4) is 0 Å². The van der Waals surface area contributed by atoms with Gasteiger partial charge in [-0.3, -0.25) is 9.99 Å². The Balaban J connectivity index is 1.67. The minimum Gasteiger partial charge on any atom is -0.255 e. The van der Waals surface area contributed by atoms with Crippen molar-refractivity contribution in [2.75, 3.05) is 0 Å². The lowest BCUT2D eigenvalue weighted by molar-refractivity contribution is 0.318. The molecule has 0 unspecified atom stereocenters. The summed E-state index contributed by atoms with van der Waals surface area (Å²) < 4.78 is 0. The molecule has 0 aliphatic carbocycles. The van der Waals surface area contributed by atoms with E-state index >= 15 is 0 Å². The monoisotopic (exact) mass is 569 g/mol. The van der Waals surface area contributed by atoms with Crippen molar-refractivity contribution in [3.05, 3.63) is 163 Å². The molecule has 0 fully saturated rings. The van der Waals surface area contributed by atoms with Gasteiger partial charge in [0, 0.05) is 18.3 Å². The third-order valence-corrected chi connectivity index (χ3v) is 13.9. The number of benzene rings is 4. The third-order valence-electron chi connectivity index (χ3n) is 7.41. The minimum absolute atomic E-state index is 0.420. The summed E-state index contributed by atoms with van der Waals surface area (Å²) in [5, 5.41) is 12.8. The Morgan fingerprint density at radius 3 is 1.39 bits per heavy atom. The maximum atomic E-state index is 5.50. The van der Waals surface area contributed by atoms with Gasteiger partial charge in [-0.15, -0.1) is 0 Å². The summed E-state index contributed by atoms with van der Waals surface area (Å²) >= 11 is 0. The number of allylic oxidation sites excluding steroid dienone is 2. The number of hydrogen-bond acceptors (Lipinski definition) is 3. The van der Waals surface area contributed by atoms with Gasteiger partial charge in [0.25, 0.3) is 0 Å². The van der Waals surface area contributed by atoms with Crippen LogP contribution >= 0.6 is 15.8 Å². The summed E-state index contributed by atoms with van der Waals surface area (Å²) in [6.07, 6.45) is 4.94. The molecule has 3 nitrogen and oxygen atoms in total. The highest BCUT2D eigenvalue weighted by molar-refractivity contribution is 7.90. The van der Waals surface area contributed by atoms with Crippen LogP contribution in [0.25, 0.3) is 0 Å². The molecular formula is C36H33N3P2. The number of aromatic nitrogens is 1. The highest BCUT2D eigenvalue weighted by Crippen LogP contribution is 2.67. The minimum atomic E-state index is -0.934. The van der Waals surface area contributed by atoms with Gasteiger partial charge in [0.05, 0.1) is 11.4 Å². The van der Waals surface area contributed by atoms with Gasteiger partial charge < -0.3 is 0 Å². The first-order valence-corrected chi connectivity index (χ1v) is 16.6. The van der Waals surface area contributed by atoms with Crippen molar-refractivity contribution in [2.45, 2.75) is 25.3 Å². The predicted molar refractivity (Wildman–Crippen MR) is 178 cm³/mol. The quantitative estimate of drug-likeness (QED) is 0.183. The molecule has 0 N–H and O–H groups in total. The zero-order valence-electron chi connectivity index (χ0n) is 23.4. The van der Waals surface area contributed by atoms with Crippen molar-refractivity contribution in [3.8, 4) is 0 Å². The summed E-state index contributed by atoms with van der Waals surface area (Å²) in [6.45, 7) is 4.66. The molecular weight excluding hydrogens is 536 g/mol. The molecule has 0 saturated carbocycles. The van der Waals surface area contributed by atoms with Crippen LogP contribution in [0.4, 0.5) is 0 Å². The van der Waals surface area contributed by atoms with Crippen LogP contribution in [-0.2, 0) is 0 Å². The third kappa shape index (κ3) is 5.53. The van der Waals surface area contributed by atoms with Gasteiger partial charge >= 0.3 is 0 Å². The molecule has 41 heavy (non-hydrogen) atoms. The summed E-state index contributed by atoms with van der Waals surface area (Å²) in [6, 6.07) is 50.3. The lowest BCUT2D eigenvalue weighted by Gasteiger charge is -2.51. The number of rotatable bonds is 8. The molecule has 5 heteroatoms. The van der Waals surface area contributed by atoms with Crippen molar-refractivity contribution in [1.82, 2.24) is 9.99 Å². The molecule has 0 amide bonds. The lowest BCUT2D eigenvalue weighted by atomic mass is 10.1. The summed E-state index contributed by atoms with van der Waals surface area (Å²) in [5.41, 5.74) is 3.09. The Morgan fingerprint density at radius 1 is 0.585 bits per heavy atom. The topological polar surface area (TPSA) is 28.5 Å². The van der Waals surface area contributed by atoms with E-state index in [0.29, 0.717) is 0 Å². The molecule has 2 heterocycles. The Bertz CT molecular complexity index is 1460. The largest absolute Gasteiger partial charge is 0.255 e. The normalized spacial score (nSPS) is 13.7. The second-order valence-electron chi connectivity index (χ2n) is 10.1. The molecule has 1 aliphatic heterocycles. The van der Waals surface area contributed by atoms with Gasteiger partial charge in [-0.25, -0.2) is 0 Å². The van der Waals surface area contributed by atoms with Gasteiger partial charge in [0.1, 0.15) is 5.02 Å². The average molecular weight is 570 g/mol. The predicted octanol–water partition coefficient (Wildman–Crippen LogP) is 7.33. The van der Waals surface area contributed by atoms with E-state index in [0.717, 1.165) is 17.8 Å². The van der Waals surface area contributed by atoms with E-state index in [1.165, 1.54) is 26.9 Å². The molecule has 202 valence electrons. The van der Waals surface area contributed by atoms with Gasteiger partial charge in [0.2, 0.25) is 0 Å². The van der Waals surface area contributed by atoms with E-state index in [2.05, 4.69) is 152 Å². The fraction of sp³-hybridized carbons (Fsp3) is 0.111. The van der Waals surface area contributed by atoms with Crippen molar-refractivity contribution >= 4 is 42.8 Å². The summed E-state index contributed by atoms with van der Waals surface area (Å²) in [5.74, 6) is 0. The summed E-state index contributed by atoms with van der Waals surface area (Å²) in [7, 11) is -1.87. The SMILES string of the molecule is CC1=CCC(c2ccccn2)=NN1C(C)(P(c1ccccc1)c1ccccc1)P(c1ccccc1)c1ccccc1. The van der Waals surface area contributed by atoms with Crippen molar-refractivity contribution in [3.63, 3.8) is 0 Å². The van der Waals surface area contributed by atoms with Crippen molar-refractivity contribution in [1.29, 1.82) is 0 Å². The van der Waals surface area contributed by atoms with Crippen molar-refractivity contribution in [2.24, 2.45) is 5.10 Å². The van der Waals surface area contributed by atoms with Crippen LogP contribution < -0.4 is 21.2 Å². The van der Waals surface area contributed by atoms with Crippen molar-refractivity contribution < 1.29 is 0 Å². The zero-order chi connectivity index (χ0) is 28.1. The average Bonchev–Trinajstić information content (AvgIpc) is 3.04. The van der Waals surface area contributed by atoms with E-state index in [1.807, 2.05) is 18.3 Å². The Hall–Kier alpha value is -3.90. The first-order chi connectivity index (χ1) is 20.2. The molecule has 1 aliphatic rings. The van der Waals surface area contributed by atoms with E-state index < -0.39 is 20.9 Å². The Labute approximate surface area is 245 Å². The van der Waals surface area contributed by atoms with E-state index in [-0.39, 0.29) is 0 Å². The molecule has 6 rings (SSSR count). The molecule has 1 aromatic heterocycles. The van der Waals surface area contributed by atoms with Crippen LogP contribution in [0.5, 0.6) is 0 Å². The zero-order valence-corrected chi connectivity index (χ0v) is 25.2. The second kappa shape index (κ2) is 12.3. The number of pyridine rings is 1. The maximum absolute atomic E-state index is 5.50. The number of hydrogen-bond donors (Lipinski definition) is 0. The first-order valence-electron chi connectivity index (χ1n) is 13.9. The molecule has 0 atom stereocenters. The fourth-order valence-electron chi connectivity index (χ4n) is 5.56. The van der Waals surface area contributed by atoms with Crippen LogP contribution in [0.2, 0.25) is 0 Å². The molecule has 5 aromatic rings. The molecule has 0 radical (unpaired) electrons. The van der Waals surface area contributed by atoms with E-state index in [1.54, 1.807) is 0 Å². The van der Waals surface area contributed by atoms with E-state index in [4.69, 9.17) is 10.1 Å². The number of nitrogens with zero attached hydrogens (tertiary/aromatic N) is 3. The molecule has 0 saturated heterocycles. The maximum Gasteiger partial charge on any atom is 0.114 e. The van der Waals surface area contributed by atoms with Gasteiger partial charge in [0.15, 0.2) is 0 Å². The Morgan fingerprint density at radius 2 is 1.00 bits per heavy atom. The smallest absolute Gasteiger partial charge is 0.114 e. The molecule has 0 bridgehead atoms. The van der Waals surface area contributed by atoms with Gasteiger partial charge in [-0.2, -0.15) is 5.10 Å². The fourth-order valence-corrected chi connectivity index (χ4v) is 13.0. The summed E-state index contributed by atoms with van der Waals surface area (Å²) in [4.78, 5) is 4.69. The molecule has 4 aromatic carbocycles. The van der Waals surface area contributed by atoms with E-state index in [9.17, 15) is 0 Å². The molecule has 0 spiro atoms. The van der Waals surface area contributed by atoms with Crippen LogP contribution in [0.15, 0.2) is 163 Å². The lowest BCUT2D eigenvalue weighted by Crippen LogP contribution is -2.48. The Kier molecular flexibility index (Phi) is 8.19.